The molecule has 7 nitrogen and oxygen atoms in total. The maximum Gasteiger partial charge on any atom is 0.259 e. The van der Waals surface area contributed by atoms with Crippen molar-refractivity contribution in [1.82, 2.24) is 14.9 Å². The number of rotatable bonds is 4. The minimum Gasteiger partial charge on any atom is -0.334 e. The van der Waals surface area contributed by atoms with E-state index in [4.69, 9.17) is 21.9 Å². The van der Waals surface area contributed by atoms with E-state index in [9.17, 15) is 8.42 Å². The Morgan fingerprint density at radius 2 is 2.09 bits per heavy atom. The van der Waals surface area contributed by atoms with Crippen molar-refractivity contribution in [3.05, 3.63) is 29.0 Å². The van der Waals surface area contributed by atoms with Gasteiger partial charge < -0.3 is 10.3 Å². The van der Waals surface area contributed by atoms with Crippen molar-refractivity contribution in [2.45, 2.75) is 29.7 Å². The van der Waals surface area contributed by atoms with E-state index in [1.165, 1.54) is 25.2 Å². The maximum atomic E-state index is 11.9. The summed E-state index contributed by atoms with van der Waals surface area (Å²) < 4.78 is 31.2. The fourth-order valence-corrected chi connectivity index (χ4v) is 3.22. The summed E-state index contributed by atoms with van der Waals surface area (Å²) in [6, 6.07) is 4.28. The highest BCUT2D eigenvalue weighted by Gasteiger charge is 2.39. The van der Waals surface area contributed by atoms with E-state index in [0.717, 1.165) is 19.3 Å². The fraction of sp³-hybridized carbons (Fsp3) is 0.385. The van der Waals surface area contributed by atoms with Crippen LogP contribution in [-0.2, 0) is 15.6 Å². The van der Waals surface area contributed by atoms with E-state index < -0.39 is 15.6 Å². The summed E-state index contributed by atoms with van der Waals surface area (Å²) in [6.07, 6.45) is 2.62. The molecule has 0 saturated heterocycles. The monoisotopic (exact) mass is 378 g/mol. The number of nitrogens with zero attached hydrogens (tertiary/aromatic N) is 2. The topological polar surface area (TPSA) is 111 Å². The van der Waals surface area contributed by atoms with E-state index in [2.05, 4.69) is 14.9 Å². The van der Waals surface area contributed by atoms with Gasteiger partial charge in [-0.25, -0.2) is 13.1 Å². The molecule has 1 aliphatic rings. The summed E-state index contributed by atoms with van der Waals surface area (Å²) in [6.45, 7) is 0. The Morgan fingerprint density at radius 1 is 1.39 bits per heavy atom. The summed E-state index contributed by atoms with van der Waals surface area (Å²) in [7, 11) is -2.25. The SMILES string of the molecule is CNS(=O)(=O)c1ccc(Cl)c(-c2nc(C3(N)CCC3)no2)c1.Cl. The molecule has 23 heavy (non-hydrogen) atoms. The third-order valence-corrected chi connectivity index (χ3v) is 5.61. The van der Waals surface area contributed by atoms with Crippen molar-refractivity contribution in [2.75, 3.05) is 7.05 Å². The first kappa shape index (κ1) is 18.2. The van der Waals surface area contributed by atoms with Gasteiger partial charge in [0.05, 0.1) is 21.0 Å². The molecule has 0 spiro atoms. The van der Waals surface area contributed by atoms with Crippen LogP contribution >= 0.6 is 24.0 Å². The number of hydrogen-bond donors (Lipinski definition) is 2. The van der Waals surface area contributed by atoms with Gasteiger partial charge in [0.1, 0.15) is 0 Å². The Balaban J connectivity index is 0.00000192. The summed E-state index contributed by atoms with van der Waals surface area (Å²) in [5, 5.41) is 4.23. The standard InChI is InChI=1S/C13H15ClN4O3S.ClH/c1-16-22(19,20)8-3-4-10(14)9(7-8)11-17-12(18-21-11)13(15)5-2-6-13;/h3-4,7,16H,2,5-6,15H2,1H3;1H. The predicted octanol–water partition coefficient (Wildman–Crippen LogP) is 2.06. The second-order valence-corrected chi connectivity index (χ2v) is 7.58. The zero-order valence-electron chi connectivity index (χ0n) is 12.2. The molecule has 0 bridgehead atoms. The van der Waals surface area contributed by atoms with Crippen molar-refractivity contribution in [3.8, 4) is 11.5 Å². The van der Waals surface area contributed by atoms with Gasteiger partial charge in [-0.3, -0.25) is 0 Å². The van der Waals surface area contributed by atoms with Crippen LogP contribution in [0.3, 0.4) is 0 Å². The van der Waals surface area contributed by atoms with Crippen LogP contribution in [0.5, 0.6) is 0 Å². The summed E-state index contributed by atoms with van der Waals surface area (Å²) in [5.41, 5.74) is 5.96. The molecule has 1 fully saturated rings. The Hall–Kier alpha value is -1.19. The number of aromatic nitrogens is 2. The molecule has 126 valence electrons. The van der Waals surface area contributed by atoms with E-state index in [-0.39, 0.29) is 23.2 Å². The number of benzene rings is 1. The van der Waals surface area contributed by atoms with Gasteiger partial charge in [-0.05, 0) is 44.5 Å². The lowest BCUT2D eigenvalue weighted by Crippen LogP contribution is -2.44. The highest BCUT2D eigenvalue weighted by Crippen LogP contribution is 2.38. The highest BCUT2D eigenvalue weighted by molar-refractivity contribution is 7.89. The Labute approximate surface area is 145 Å². The number of nitrogens with one attached hydrogen (secondary N) is 1. The first-order chi connectivity index (χ1) is 10.4. The van der Waals surface area contributed by atoms with Gasteiger partial charge in [0.25, 0.3) is 5.89 Å². The molecule has 1 heterocycles. The zero-order valence-corrected chi connectivity index (χ0v) is 14.6. The molecule has 1 saturated carbocycles. The molecular weight excluding hydrogens is 363 g/mol. The van der Waals surface area contributed by atoms with E-state index in [1.807, 2.05) is 0 Å². The molecule has 0 atom stereocenters. The first-order valence-electron chi connectivity index (χ1n) is 6.72. The molecule has 3 rings (SSSR count). The van der Waals surface area contributed by atoms with Crippen molar-refractivity contribution < 1.29 is 12.9 Å². The molecule has 10 heteroatoms. The molecule has 0 aliphatic heterocycles. The molecule has 3 N–H and O–H groups in total. The highest BCUT2D eigenvalue weighted by atomic mass is 35.5. The van der Waals surface area contributed by atoms with E-state index in [1.54, 1.807) is 0 Å². The predicted molar refractivity (Wildman–Crippen MR) is 88.0 cm³/mol. The summed E-state index contributed by atoms with van der Waals surface area (Å²) in [5.74, 6) is 0.580. The van der Waals surface area contributed by atoms with E-state index in [0.29, 0.717) is 16.4 Å². The van der Waals surface area contributed by atoms with Crippen LogP contribution in [0.2, 0.25) is 5.02 Å². The Kier molecular flexibility index (Phi) is 5.03. The second kappa shape index (κ2) is 6.37. The average Bonchev–Trinajstić information content (AvgIpc) is 2.95. The molecule has 0 amide bonds. The van der Waals surface area contributed by atoms with E-state index >= 15 is 0 Å². The lowest BCUT2D eigenvalue weighted by molar-refractivity contribution is 0.229. The van der Waals surface area contributed by atoms with Gasteiger partial charge in [0, 0.05) is 0 Å². The van der Waals surface area contributed by atoms with Crippen LogP contribution in [0.4, 0.5) is 0 Å². The van der Waals surface area contributed by atoms with Crippen LogP contribution < -0.4 is 10.5 Å². The molecular formula is C13H16Cl2N4O3S. The number of halogens is 2. The number of sulfonamides is 1. The largest absolute Gasteiger partial charge is 0.334 e. The minimum atomic E-state index is -3.58. The normalized spacial score (nSPS) is 16.5. The van der Waals surface area contributed by atoms with Gasteiger partial charge in [-0.2, -0.15) is 4.98 Å². The van der Waals surface area contributed by atoms with Crippen molar-refractivity contribution in [3.63, 3.8) is 0 Å². The van der Waals surface area contributed by atoms with Crippen LogP contribution in [0.15, 0.2) is 27.6 Å². The van der Waals surface area contributed by atoms with Gasteiger partial charge in [0.2, 0.25) is 10.0 Å². The van der Waals surface area contributed by atoms with Crippen LogP contribution in [0.25, 0.3) is 11.5 Å². The van der Waals surface area contributed by atoms with Crippen LogP contribution in [0, 0.1) is 0 Å². The molecule has 0 radical (unpaired) electrons. The van der Waals surface area contributed by atoms with Crippen molar-refractivity contribution >= 4 is 34.0 Å². The van der Waals surface area contributed by atoms with Gasteiger partial charge in [0.15, 0.2) is 5.82 Å². The summed E-state index contributed by atoms with van der Waals surface area (Å²) >= 11 is 6.12. The number of nitrogens with two attached hydrogens (primary N) is 1. The average molecular weight is 379 g/mol. The van der Waals surface area contributed by atoms with Crippen LogP contribution in [-0.4, -0.2) is 25.6 Å². The quantitative estimate of drug-likeness (QED) is 0.841. The van der Waals surface area contributed by atoms with Gasteiger partial charge in [-0.15, -0.1) is 12.4 Å². The van der Waals surface area contributed by atoms with Gasteiger partial charge >= 0.3 is 0 Å². The second-order valence-electron chi connectivity index (χ2n) is 5.28. The molecule has 1 aromatic carbocycles. The molecule has 2 aromatic rings. The smallest absolute Gasteiger partial charge is 0.259 e. The fourth-order valence-electron chi connectivity index (χ4n) is 2.27. The molecule has 0 unspecified atom stereocenters. The molecule has 1 aliphatic carbocycles. The number of hydrogen-bond acceptors (Lipinski definition) is 6. The lowest BCUT2D eigenvalue weighted by atomic mass is 9.77. The van der Waals surface area contributed by atoms with Crippen LogP contribution in [0.1, 0.15) is 25.1 Å². The van der Waals surface area contributed by atoms with Crippen molar-refractivity contribution in [2.24, 2.45) is 5.73 Å². The Bertz CT molecular complexity index is 818. The third-order valence-electron chi connectivity index (χ3n) is 3.86. The Morgan fingerprint density at radius 3 is 2.65 bits per heavy atom. The lowest BCUT2D eigenvalue weighted by Gasteiger charge is -2.34. The summed E-state index contributed by atoms with van der Waals surface area (Å²) in [4.78, 5) is 4.35. The maximum absolute atomic E-state index is 11.9. The minimum absolute atomic E-state index is 0. The zero-order chi connectivity index (χ0) is 16.0. The van der Waals surface area contributed by atoms with Crippen molar-refractivity contribution in [1.29, 1.82) is 0 Å². The first-order valence-corrected chi connectivity index (χ1v) is 8.58. The molecule has 1 aromatic heterocycles. The third kappa shape index (κ3) is 3.22. The van der Waals surface area contributed by atoms with Gasteiger partial charge in [-0.1, -0.05) is 16.8 Å².